The molecule has 2 aromatic heterocycles. The monoisotopic (exact) mass is 390 g/mol. The minimum Gasteiger partial charge on any atom is -0.390 e. The third-order valence-electron chi connectivity index (χ3n) is 4.83. The number of hydrogen-bond acceptors (Lipinski definition) is 5. The largest absolute Gasteiger partial charge is 0.390 e. The van der Waals surface area contributed by atoms with Crippen LogP contribution in [-0.2, 0) is 17.3 Å². The SMILES string of the molecule is Cn1nc(-c2cnc(C(C)(C)C)s2)c(C2CCC2)c1NC(=O)CC(C)(C)O. The number of carbonyl (C=O) groups is 1. The van der Waals surface area contributed by atoms with Crippen LogP contribution in [0.5, 0.6) is 0 Å². The molecule has 0 aromatic carbocycles. The summed E-state index contributed by atoms with van der Waals surface area (Å²) in [5.74, 6) is 0.957. The second-order valence-electron chi connectivity index (χ2n) is 9.18. The van der Waals surface area contributed by atoms with Crippen LogP contribution in [0.3, 0.4) is 0 Å². The molecule has 1 aliphatic carbocycles. The number of anilines is 1. The van der Waals surface area contributed by atoms with Crippen LogP contribution in [0, 0.1) is 0 Å². The van der Waals surface area contributed by atoms with Gasteiger partial charge in [-0.1, -0.05) is 27.2 Å². The summed E-state index contributed by atoms with van der Waals surface area (Å²) in [7, 11) is 1.86. The summed E-state index contributed by atoms with van der Waals surface area (Å²) in [5.41, 5.74) is 0.991. The molecule has 0 atom stereocenters. The van der Waals surface area contributed by atoms with Crippen LogP contribution in [0.2, 0.25) is 0 Å². The lowest BCUT2D eigenvalue weighted by atomic mass is 9.79. The summed E-state index contributed by atoms with van der Waals surface area (Å²) in [6.45, 7) is 9.74. The van der Waals surface area contributed by atoms with Crippen molar-refractivity contribution < 1.29 is 9.90 Å². The average Bonchev–Trinajstić information content (AvgIpc) is 3.03. The van der Waals surface area contributed by atoms with E-state index < -0.39 is 5.60 Å². The maximum absolute atomic E-state index is 12.4. The number of nitrogens with zero attached hydrogens (tertiary/aromatic N) is 3. The predicted molar refractivity (Wildman–Crippen MR) is 109 cm³/mol. The Kier molecular flexibility index (Phi) is 5.20. The first-order valence-electron chi connectivity index (χ1n) is 9.51. The molecule has 2 N–H and O–H groups in total. The molecule has 6 nitrogen and oxygen atoms in total. The van der Waals surface area contributed by atoms with Gasteiger partial charge in [-0.15, -0.1) is 11.3 Å². The van der Waals surface area contributed by atoms with Gasteiger partial charge in [0.2, 0.25) is 5.91 Å². The molecule has 2 heterocycles. The Morgan fingerprint density at radius 1 is 1.33 bits per heavy atom. The summed E-state index contributed by atoms with van der Waals surface area (Å²) in [6.07, 6.45) is 5.37. The van der Waals surface area contributed by atoms with Crippen LogP contribution in [0.1, 0.15) is 76.8 Å². The maximum Gasteiger partial charge on any atom is 0.228 e. The summed E-state index contributed by atoms with van der Waals surface area (Å²) in [6, 6.07) is 0. The first kappa shape index (κ1) is 20.0. The third kappa shape index (κ3) is 4.41. The Morgan fingerprint density at radius 2 is 2.00 bits per heavy atom. The predicted octanol–water partition coefficient (Wildman–Crippen LogP) is 4.21. The number of carbonyl (C=O) groups excluding carboxylic acids is 1. The normalized spacial score (nSPS) is 15.7. The molecule has 0 aliphatic heterocycles. The maximum atomic E-state index is 12.4. The van der Waals surface area contributed by atoms with Gasteiger partial charge in [0.25, 0.3) is 0 Å². The quantitative estimate of drug-likeness (QED) is 0.801. The number of aliphatic hydroxyl groups is 1. The van der Waals surface area contributed by atoms with E-state index in [2.05, 4.69) is 31.1 Å². The van der Waals surface area contributed by atoms with Gasteiger partial charge >= 0.3 is 0 Å². The molecule has 3 rings (SSSR count). The summed E-state index contributed by atoms with van der Waals surface area (Å²) < 4.78 is 1.75. The van der Waals surface area contributed by atoms with Gasteiger partial charge in [-0.25, -0.2) is 4.98 Å². The van der Waals surface area contributed by atoms with Crippen molar-refractivity contribution >= 4 is 23.1 Å². The molecule has 1 amide bonds. The van der Waals surface area contributed by atoms with E-state index in [0.29, 0.717) is 5.92 Å². The van der Waals surface area contributed by atoms with Crippen molar-refractivity contribution in [1.29, 1.82) is 0 Å². The van der Waals surface area contributed by atoms with Crippen molar-refractivity contribution in [3.8, 4) is 10.6 Å². The van der Waals surface area contributed by atoms with E-state index in [0.717, 1.165) is 39.8 Å². The van der Waals surface area contributed by atoms with Crippen molar-refractivity contribution in [2.45, 2.75) is 77.2 Å². The molecule has 1 fully saturated rings. The van der Waals surface area contributed by atoms with Gasteiger partial charge < -0.3 is 10.4 Å². The topological polar surface area (TPSA) is 80.0 Å². The van der Waals surface area contributed by atoms with Gasteiger partial charge in [0, 0.05) is 24.2 Å². The van der Waals surface area contributed by atoms with E-state index in [1.54, 1.807) is 29.9 Å². The second-order valence-corrected chi connectivity index (χ2v) is 10.2. The Labute approximate surface area is 165 Å². The molecule has 148 valence electrons. The van der Waals surface area contributed by atoms with Crippen LogP contribution < -0.4 is 5.32 Å². The van der Waals surface area contributed by atoms with E-state index >= 15 is 0 Å². The van der Waals surface area contributed by atoms with Gasteiger partial charge in [0.05, 0.1) is 21.9 Å². The molecule has 1 aliphatic rings. The van der Waals surface area contributed by atoms with E-state index in [1.165, 1.54) is 6.42 Å². The molecule has 0 unspecified atom stereocenters. The fourth-order valence-corrected chi connectivity index (χ4v) is 4.23. The Morgan fingerprint density at radius 3 is 2.48 bits per heavy atom. The lowest BCUT2D eigenvalue weighted by Crippen LogP contribution is -2.28. The lowest BCUT2D eigenvalue weighted by Gasteiger charge is -2.27. The summed E-state index contributed by atoms with van der Waals surface area (Å²) >= 11 is 1.67. The Bertz CT molecular complexity index is 835. The molecular formula is C20H30N4O2S. The van der Waals surface area contributed by atoms with Crippen molar-refractivity contribution in [2.75, 3.05) is 5.32 Å². The molecule has 2 aromatic rings. The highest BCUT2D eigenvalue weighted by Crippen LogP contribution is 2.46. The Hall–Kier alpha value is -1.73. The number of amides is 1. The van der Waals surface area contributed by atoms with Gasteiger partial charge in [0.15, 0.2) is 0 Å². The average molecular weight is 391 g/mol. The molecule has 0 saturated heterocycles. The number of aromatic nitrogens is 3. The highest BCUT2D eigenvalue weighted by molar-refractivity contribution is 7.15. The zero-order valence-corrected chi connectivity index (χ0v) is 17.9. The lowest BCUT2D eigenvalue weighted by molar-refractivity contribution is -0.119. The fraction of sp³-hybridized carbons (Fsp3) is 0.650. The van der Waals surface area contributed by atoms with Gasteiger partial charge in [-0.3, -0.25) is 9.48 Å². The molecule has 27 heavy (non-hydrogen) atoms. The molecular weight excluding hydrogens is 360 g/mol. The zero-order chi connectivity index (χ0) is 20.0. The highest BCUT2D eigenvalue weighted by Gasteiger charge is 2.32. The second kappa shape index (κ2) is 7.02. The third-order valence-corrected chi connectivity index (χ3v) is 6.26. The number of aryl methyl sites for hydroxylation is 1. The van der Waals surface area contributed by atoms with E-state index in [9.17, 15) is 9.90 Å². The number of thiazole rings is 1. The van der Waals surface area contributed by atoms with Crippen molar-refractivity contribution in [3.63, 3.8) is 0 Å². The molecule has 1 saturated carbocycles. The van der Waals surface area contributed by atoms with Crippen LogP contribution >= 0.6 is 11.3 Å². The van der Waals surface area contributed by atoms with Gasteiger partial charge in [0.1, 0.15) is 11.5 Å². The standard InChI is InChI=1S/C20H30N4O2S/c1-19(2,3)18-21-11-13(27-18)16-15(12-8-7-9-12)17(24(6)23-16)22-14(25)10-20(4,5)26/h11-12,26H,7-10H2,1-6H3,(H,22,25). The number of rotatable bonds is 5. The minimum absolute atomic E-state index is 0.00190. The molecule has 0 spiro atoms. The Balaban J connectivity index is 1.98. The first-order valence-corrected chi connectivity index (χ1v) is 10.3. The highest BCUT2D eigenvalue weighted by atomic mass is 32.1. The fourth-order valence-electron chi connectivity index (χ4n) is 3.25. The molecule has 7 heteroatoms. The number of nitrogens with one attached hydrogen (secondary N) is 1. The van der Waals surface area contributed by atoms with Crippen LogP contribution in [0.25, 0.3) is 10.6 Å². The van der Waals surface area contributed by atoms with Gasteiger partial charge in [-0.2, -0.15) is 5.10 Å². The smallest absolute Gasteiger partial charge is 0.228 e. The van der Waals surface area contributed by atoms with Crippen molar-refractivity contribution in [2.24, 2.45) is 7.05 Å². The zero-order valence-electron chi connectivity index (χ0n) is 17.1. The van der Waals surface area contributed by atoms with Crippen LogP contribution in [0.4, 0.5) is 5.82 Å². The molecule has 0 bridgehead atoms. The van der Waals surface area contributed by atoms with E-state index in [-0.39, 0.29) is 17.7 Å². The summed E-state index contributed by atoms with van der Waals surface area (Å²) in [4.78, 5) is 18.1. The van der Waals surface area contributed by atoms with Crippen molar-refractivity contribution in [3.05, 3.63) is 16.8 Å². The summed E-state index contributed by atoms with van der Waals surface area (Å²) in [5, 5.41) is 18.8. The first-order chi connectivity index (χ1) is 12.5. The minimum atomic E-state index is -1.04. The van der Waals surface area contributed by atoms with Crippen LogP contribution in [0.15, 0.2) is 6.20 Å². The van der Waals surface area contributed by atoms with Crippen LogP contribution in [-0.4, -0.2) is 31.4 Å². The van der Waals surface area contributed by atoms with E-state index in [1.807, 2.05) is 13.2 Å². The molecule has 0 radical (unpaired) electrons. The number of hydrogen-bond donors (Lipinski definition) is 2. The van der Waals surface area contributed by atoms with Crippen molar-refractivity contribution in [1.82, 2.24) is 14.8 Å². The van der Waals surface area contributed by atoms with E-state index in [4.69, 9.17) is 5.10 Å². The van der Waals surface area contributed by atoms with Gasteiger partial charge in [-0.05, 0) is 32.6 Å².